The standard InChI is InChI=1S/C21H22N8O6S2/c1-2-7-35-26-12(16-25-21(23)37-27-16)17(31)24-13-18(32)29-14(20(33)34)11(9-36-19(13)29)8-28-5-3-10(4-6-28)15(22)30/h3-6,13,19H,2,7-9H2,1H3,(H5-,22,23,24,25,27,30,31,33,34)/p+1/t13?,19-/m0/s1. The van der Waals surface area contributed by atoms with Crippen molar-refractivity contribution in [3.05, 3.63) is 47.2 Å². The van der Waals surface area contributed by atoms with Gasteiger partial charge >= 0.3 is 5.97 Å². The van der Waals surface area contributed by atoms with Crippen molar-refractivity contribution in [1.82, 2.24) is 19.6 Å². The molecule has 2 aliphatic heterocycles. The summed E-state index contributed by atoms with van der Waals surface area (Å²) in [5, 5.41) is 15.8. The van der Waals surface area contributed by atoms with Crippen LogP contribution in [-0.2, 0) is 25.8 Å². The van der Waals surface area contributed by atoms with Crippen molar-refractivity contribution < 1.29 is 33.7 Å². The molecule has 16 heteroatoms. The maximum absolute atomic E-state index is 13.0. The molecule has 0 saturated carbocycles. The number of carbonyl (C=O) groups excluding carboxylic acids is 3. The highest BCUT2D eigenvalue weighted by molar-refractivity contribution is 8.00. The van der Waals surface area contributed by atoms with E-state index in [1.807, 2.05) is 6.92 Å². The largest absolute Gasteiger partial charge is 0.477 e. The predicted octanol–water partition coefficient (Wildman–Crippen LogP) is -0.924. The van der Waals surface area contributed by atoms with Gasteiger partial charge in [0.2, 0.25) is 17.4 Å². The number of carboxylic acids is 1. The van der Waals surface area contributed by atoms with E-state index in [0.717, 1.165) is 11.5 Å². The van der Waals surface area contributed by atoms with Crippen LogP contribution in [0, 0.1) is 0 Å². The first kappa shape index (κ1) is 26.0. The molecule has 37 heavy (non-hydrogen) atoms. The molecule has 0 aliphatic carbocycles. The highest BCUT2D eigenvalue weighted by atomic mass is 32.2. The van der Waals surface area contributed by atoms with Gasteiger partial charge in [0.1, 0.15) is 23.7 Å². The molecule has 0 spiro atoms. The SMILES string of the molecule is CCCON=C(C(=O)NC1C(=O)N2C(C(=O)O)=C(C[n+]3ccc(C(N)=O)cc3)CS[C@@H]12)c1nsc(N)n1. The van der Waals surface area contributed by atoms with Crippen molar-refractivity contribution in [2.24, 2.45) is 10.9 Å². The van der Waals surface area contributed by atoms with Gasteiger partial charge in [-0.2, -0.15) is 9.36 Å². The minimum atomic E-state index is -1.26. The van der Waals surface area contributed by atoms with Gasteiger partial charge in [0, 0.05) is 35.0 Å². The fourth-order valence-corrected chi connectivity index (χ4v) is 5.45. The predicted molar refractivity (Wildman–Crippen MR) is 132 cm³/mol. The van der Waals surface area contributed by atoms with E-state index in [9.17, 15) is 24.3 Å². The number of fused-ring (bicyclic) bond motifs is 1. The second-order valence-corrected chi connectivity index (χ2v) is 9.86. The fourth-order valence-electron chi connectivity index (χ4n) is 3.68. The number of hydrogen-bond acceptors (Lipinski definition) is 11. The van der Waals surface area contributed by atoms with Crippen molar-refractivity contribution in [3.8, 4) is 0 Å². The molecular weight excluding hydrogens is 524 g/mol. The summed E-state index contributed by atoms with van der Waals surface area (Å²) in [7, 11) is 0. The second kappa shape index (κ2) is 10.9. The summed E-state index contributed by atoms with van der Waals surface area (Å²) in [5.74, 6) is -2.89. The lowest BCUT2D eigenvalue weighted by atomic mass is 10.0. The molecule has 14 nitrogen and oxygen atoms in total. The Bertz CT molecular complexity index is 1310. The third-order valence-corrected chi connectivity index (χ3v) is 7.29. The number of rotatable bonds is 10. The Hall–Kier alpha value is -4.05. The maximum Gasteiger partial charge on any atom is 0.352 e. The third-order valence-electron chi connectivity index (χ3n) is 5.41. The monoisotopic (exact) mass is 547 g/mol. The van der Waals surface area contributed by atoms with Gasteiger partial charge in [0.25, 0.3) is 11.8 Å². The number of nitrogens with one attached hydrogen (secondary N) is 1. The molecule has 2 aliphatic rings. The number of amides is 3. The van der Waals surface area contributed by atoms with Gasteiger partial charge in [-0.3, -0.25) is 19.3 Å². The summed E-state index contributed by atoms with van der Waals surface area (Å²) < 4.78 is 5.67. The van der Waals surface area contributed by atoms with Crippen LogP contribution in [0.4, 0.5) is 5.13 Å². The molecule has 2 atom stereocenters. The molecule has 3 amide bonds. The van der Waals surface area contributed by atoms with Crippen LogP contribution in [0.3, 0.4) is 0 Å². The lowest BCUT2D eigenvalue weighted by Gasteiger charge is -2.49. The summed E-state index contributed by atoms with van der Waals surface area (Å²) in [5.41, 5.74) is 11.3. The Morgan fingerprint density at radius 2 is 2.08 bits per heavy atom. The number of nitrogen functional groups attached to an aromatic ring is 1. The Kier molecular flexibility index (Phi) is 7.68. The van der Waals surface area contributed by atoms with Gasteiger partial charge in [0.05, 0.1) is 5.56 Å². The molecule has 4 heterocycles. The molecule has 2 aromatic rings. The number of nitrogens with zero attached hydrogens (tertiary/aromatic N) is 5. The van der Waals surface area contributed by atoms with Gasteiger partial charge in [-0.1, -0.05) is 12.1 Å². The minimum absolute atomic E-state index is 0.0381. The van der Waals surface area contributed by atoms with Crippen molar-refractivity contribution in [2.45, 2.75) is 31.3 Å². The first-order valence-electron chi connectivity index (χ1n) is 11.0. The van der Waals surface area contributed by atoms with Crippen molar-refractivity contribution >= 4 is 57.8 Å². The molecule has 1 unspecified atom stereocenters. The number of carbonyl (C=O) groups is 4. The van der Waals surface area contributed by atoms with Gasteiger partial charge in [-0.25, -0.2) is 9.36 Å². The second-order valence-electron chi connectivity index (χ2n) is 7.97. The summed E-state index contributed by atoms with van der Waals surface area (Å²) in [4.78, 5) is 59.7. The average molecular weight is 548 g/mol. The van der Waals surface area contributed by atoms with E-state index >= 15 is 0 Å². The molecule has 6 N–H and O–H groups in total. The Morgan fingerprint density at radius 1 is 1.35 bits per heavy atom. The van der Waals surface area contributed by atoms with E-state index in [-0.39, 0.29) is 35.5 Å². The zero-order valence-electron chi connectivity index (χ0n) is 19.5. The Balaban J connectivity index is 1.51. The lowest BCUT2D eigenvalue weighted by Crippen LogP contribution is -2.71. The van der Waals surface area contributed by atoms with E-state index in [2.05, 4.69) is 19.8 Å². The van der Waals surface area contributed by atoms with Crippen LogP contribution in [0.25, 0.3) is 0 Å². The molecule has 0 bridgehead atoms. The quantitative estimate of drug-likeness (QED) is 0.0945. The van der Waals surface area contributed by atoms with Gasteiger partial charge in [-0.05, 0) is 6.42 Å². The number of hydrogen-bond donors (Lipinski definition) is 4. The number of carboxylic acid groups (broad SMARTS) is 1. The van der Waals surface area contributed by atoms with Crippen LogP contribution in [0.2, 0.25) is 0 Å². The Morgan fingerprint density at radius 3 is 2.68 bits per heavy atom. The number of aliphatic carboxylic acids is 1. The third kappa shape index (κ3) is 5.39. The van der Waals surface area contributed by atoms with E-state index < -0.39 is 35.1 Å². The first-order valence-corrected chi connectivity index (χ1v) is 12.8. The molecule has 4 rings (SSSR count). The zero-order valence-corrected chi connectivity index (χ0v) is 21.1. The van der Waals surface area contributed by atoms with Crippen LogP contribution >= 0.6 is 23.3 Å². The average Bonchev–Trinajstić information content (AvgIpc) is 3.30. The van der Waals surface area contributed by atoms with E-state index in [1.165, 1.54) is 28.8 Å². The highest BCUT2D eigenvalue weighted by Gasteiger charge is 2.54. The van der Waals surface area contributed by atoms with Crippen LogP contribution in [0.15, 0.2) is 41.0 Å². The summed E-state index contributed by atoms with van der Waals surface area (Å²) in [6, 6.07) is 2.07. The number of aromatic nitrogens is 3. The number of β-lactam (4-membered cyclic amide) rings is 1. The molecule has 0 radical (unpaired) electrons. The van der Waals surface area contributed by atoms with E-state index in [4.69, 9.17) is 16.3 Å². The maximum atomic E-state index is 13.0. The number of anilines is 1. The smallest absolute Gasteiger partial charge is 0.352 e. The van der Waals surface area contributed by atoms with Crippen molar-refractivity contribution in [2.75, 3.05) is 18.1 Å². The lowest BCUT2D eigenvalue weighted by molar-refractivity contribution is -0.689. The summed E-state index contributed by atoms with van der Waals surface area (Å²) in [6.07, 6.45) is 3.86. The van der Waals surface area contributed by atoms with Gasteiger partial charge < -0.3 is 26.7 Å². The van der Waals surface area contributed by atoms with Crippen LogP contribution in [0.5, 0.6) is 0 Å². The first-order chi connectivity index (χ1) is 17.7. The Labute approximate surface area is 218 Å². The molecule has 2 aromatic heterocycles. The van der Waals surface area contributed by atoms with E-state index in [0.29, 0.717) is 23.3 Å². The number of oxime groups is 1. The summed E-state index contributed by atoms with van der Waals surface area (Å²) in [6.45, 7) is 2.31. The van der Waals surface area contributed by atoms with Gasteiger partial charge in [-0.15, -0.1) is 11.8 Å². The minimum Gasteiger partial charge on any atom is -0.477 e. The van der Waals surface area contributed by atoms with Crippen LogP contribution < -0.4 is 21.4 Å². The topological polar surface area (TPSA) is 207 Å². The summed E-state index contributed by atoms with van der Waals surface area (Å²) >= 11 is 2.20. The normalized spacial score (nSPS) is 19.2. The van der Waals surface area contributed by atoms with Crippen molar-refractivity contribution in [3.63, 3.8) is 0 Å². The van der Waals surface area contributed by atoms with E-state index in [1.54, 1.807) is 17.0 Å². The molecule has 0 aromatic carbocycles. The van der Waals surface area contributed by atoms with Gasteiger partial charge in [0.15, 0.2) is 24.1 Å². The zero-order chi connectivity index (χ0) is 26.7. The van der Waals surface area contributed by atoms with Crippen molar-refractivity contribution in [1.29, 1.82) is 0 Å². The molecule has 1 fully saturated rings. The number of nitrogens with two attached hydrogens (primary N) is 2. The van der Waals surface area contributed by atoms with Crippen LogP contribution in [-0.4, -0.2) is 72.5 Å². The molecule has 194 valence electrons. The number of pyridine rings is 1. The number of thioether (sulfide) groups is 1. The number of primary amides is 1. The molecule has 1 saturated heterocycles. The fraction of sp³-hybridized carbons (Fsp3) is 0.333. The molecular formula is C21H23N8O6S2+. The van der Waals surface area contributed by atoms with Crippen LogP contribution in [0.1, 0.15) is 29.5 Å². The highest BCUT2D eigenvalue weighted by Crippen LogP contribution is 2.40.